The number of aryl methyl sites for hydroxylation is 2. The van der Waals surface area contributed by atoms with Crippen molar-refractivity contribution in [2.24, 2.45) is 5.73 Å². The Labute approximate surface area is 117 Å². The van der Waals surface area contributed by atoms with Crippen LogP contribution >= 0.6 is 0 Å². The molecule has 1 aliphatic carbocycles. The summed E-state index contributed by atoms with van der Waals surface area (Å²) in [6.45, 7) is 9.92. The molecule has 0 amide bonds. The van der Waals surface area contributed by atoms with Gasteiger partial charge in [-0.15, -0.1) is 0 Å². The predicted octanol–water partition coefficient (Wildman–Crippen LogP) is 3.28. The topological polar surface area (TPSA) is 38.0 Å². The van der Waals surface area contributed by atoms with Crippen LogP contribution in [0.3, 0.4) is 0 Å². The Kier molecular flexibility index (Phi) is 4.64. The first-order valence-corrected chi connectivity index (χ1v) is 7.54. The lowest BCUT2D eigenvalue weighted by atomic mass is 9.90. The summed E-state index contributed by atoms with van der Waals surface area (Å²) in [7, 11) is 0. The molecule has 0 bridgehead atoms. The average Bonchev–Trinajstić information content (AvgIpc) is 2.38. The van der Waals surface area contributed by atoms with Crippen molar-refractivity contribution >= 4 is 0 Å². The van der Waals surface area contributed by atoms with Gasteiger partial charge in [-0.05, 0) is 81.2 Å². The van der Waals surface area contributed by atoms with Crippen LogP contribution in [0.2, 0.25) is 0 Å². The molecule has 19 heavy (non-hydrogen) atoms. The first-order valence-electron chi connectivity index (χ1n) is 7.54. The van der Waals surface area contributed by atoms with Gasteiger partial charge in [0.05, 0.1) is 0 Å². The summed E-state index contributed by atoms with van der Waals surface area (Å²) in [5, 5.41) is 3.74. The van der Waals surface area contributed by atoms with Crippen LogP contribution in [0.4, 0.5) is 0 Å². The Bertz CT molecular complexity index is 417. The van der Waals surface area contributed by atoms with Gasteiger partial charge in [-0.1, -0.05) is 6.07 Å². The van der Waals surface area contributed by atoms with E-state index in [2.05, 4.69) is 39.1 Å². The monoisotopic (exact) mass is 260 g/mol. The van der Waals surface area contributed by atoms with Crippen molar-refractivity contribution in [3.05, 3.63) is 33.9 Å². The van der Waals surface area contributed by atoms with E-state index >= 15 is 0 Å². The molecule has 2 rings (SSSR count). The van der Waals surface area contributed by atoms with Crippen molar-refractivity contribution < 1.29 is 0 Å². The number of hydrogen-bond donors (Lipinski definition) is 2. The first kappa shape index (κ1) is 14.5. The predicted molar refractivity (Wildman–Crippen MR) is 82.5 cm³/mol. The summed E-state index contributed by atoms with van der Waals surface area (Å²) in [6, 6.07) is 3.38. The SMILES string of the molecule is Cc1cc(C)c(C)c(CNC2CCC(N)CC2)c1C. The zero-order valence-corrected chi connectivity index (χ0v) is 12.8. The van der Waals surface area contributed by atoms with Gasteiger partial charge in [0.1, 0.15) is 0 Å². The molecular formula is C17H28N2. The Hall–Kier alpha value is -0.860. The van der Waals surface area contributed by atoms with Gasteiger partial charge in [0.15, 0.2) is 0 Å². The van der Waals surface area contributed by atoms with Gasteiger partial charge in [-0.25, -0.2) is 0 Å². The number of hydrogen-bond acceptors (Lipinski definition) is 2. The van der Waals surface area contributed by atoms with Gasteiger partial charge in [-0.2, -0.15) is 0 Å². The zero-order valence-electron chi connectivity index (χ0n) is 12.8. The highest BCUT2D eigenvalue weighted by Gasteiger charge is 2.18. The van der Waals surface area contributed by atoms with Crippen molar-refractivity contribution in [1.29, 1.82) is 0 Å². The van der Waals surface area contributed by atoms with E-state index in [1.807, 2.05) is 0 Å². The molecule has 2 nitrogen and oxygen atoms in total. The van der Waals surface area contributed by atoms with E-state index in [-0.39, 0.29) is 0 Å². The Morgan fingerprint density at radius 3 is 2.05 bits per heavy atom. The fourth-order valence-corrected chi connectivity index (χ4v) is 3.13. The highest BCUT2D eigenvalue weighted by atomic mass is 14.9. The van der Waals surface area contributed by atoms with E-state index in [0.29, 0.717) is 12.1 Å². The van der Waals surface area contributed by atoms with Gasteiger partial charge < -0.3 is 11.1 Å². The van der Waals surface area contributed by atoms with E-state index in [0.717, 1.165) is 6.54 Å². The molecule has 1 saturated carbocycles. The largest absolute Gasteiger partial charge is 0.328 e. The van der Waals surface area contributed by atoms with Crippen LogP contribution in [0, 0.1) is 27.7 Å². The molecule has 106 valence electrons. The molecule has 2 heteroatoms. The normalized spacial score (nSPS) is 23.6. The zero-order chi connectivity index (χ0) is 14.0. The summed E-state index contributed by atoms with van der Waals surface area (Å²) < 4.78 is 0. The van der Waals surface area contributed by atoms with Crippen LogP contribution < -0.4 is 11.1 Å². The van der Waals surface area contributed by atoms with E-state index in [9.17, 15) is 0 Å². The Balaban J connectivity index is 2.03. The highest BCUT2D eigenvalue weighted by Crippen LogP contribution is 2.23. The quantitative estimate of drug-likeness (QED) is 0.875. The fourth-order valence-electron chi connectivity index (χ4n) is 3.13. The molecule has 0 aromatic heterocycles. The molecular weight excluding hydrogens is 232 g/mol. The maximum atomic E-state index is 5.96. The van der Waals surface area contributed by atoms with Crippen LogP contribution in [-0.4, -0.2) is 12.1 Å². The second-order valence-corrected chi connectivity index (χ2v) is 6.23. The molecule has 0 atom stereocenters. The van der Waals surface area contributed by atoms with Crippen LogP contribution in [0.1, 0.15) is 53.5 Å². The average molecular weight is 260 g/mol. The molecule has 1 fully saturated rings. The fraction of sp³-hybridized carbons (Fsp3) is 0.647. The number of rotatable bonds is 3. The van der Waals surface area contributed by atoms with Crippen LogP contribution in [0.15, 0.2) is 6.07 Å². The molecule has 0 aliphatic heterocycles. The maximum absolute atomic E-state index is 5.96. The molecule has 1 aromatic carbocycles. The van der Waals surface area contributed by atoms with E-state index in [4.69, 9.17) is 5.73 Å². The van der Waals surface area contributed by atoms with Gasteiger partial charge in [0.2, 0.25) is 0 Å². The molecule has 0 unspecified atom stereocenters. The smallest absolute Gasteiger partial charge is 0.0213 e. The summed E-state index contributed by atoms with van der Waals surface area (Å²) in [5.41, 5.74) is 13.2. The number of nitrogens with two attached hydrogens (primary N) is 1. The summed E-state index contributed by atoms with van der Waals surface area (Å²) in [5.74, 6) is 0. The lowest BCUT2D eigenvalue weighted by Crippen LogP contribution is -2.37. The van der Waals surface area contributed by atoms with Crippen molar-refractivity contribution in [2.45, 2.75) is 72.0 Å². The van der Waals surface area contributed by atoms with E-state index < -0.39 is 0 Å². The Morgan fingerprint density at radius 2 is 1.53 bits per heavy atom. The van der Waals surface area contributed by atoms with Crippen molar-refractivity contribution in [3.8, 4) is 0 Å². The number of benzene rings is 1. The minimum absolute atomic E-state index is 0.433. The minimum Gasteiger partial charge on any atom is -0.328 e. The highest BCUT2D eigenvalue weighted by molar-refractivity contribution is 5.43. The molecule has 0 saturated heterocycles. The van der Waals surface area contributed by atoms with E-state index in [1.54, 1.807) is 0 Å². The standard InChI is InChI=1S/C17H28N2/c1-11-9-12(2)14(4)17(13(11)3)10-19-16-7-5-15(18)6-8-16/h9,15-16,19H,5-8,10,18H2,1-4H3. The third-order valence-corrected chi connectivity index (χ3v) is 4.86. The second kappa shape index (κ2) is 6.06. The number of nitrogens with one attached hydrogen (secondary N) is 1. The van der Waals surface area contributed by atoms with Gasteiger partial charge in [0, 0.05) is 18.6 Å². The van der Waals surface area contributed by atoms with Crippen LogP contribution in [0.5, 0.6) is 0 Å². The van der Waals surface area contributed by atoms with E-state index in [1.165, 1.54) is 53.5 Å². The minimum atomic E-state index is 0.433. The molecule has 1 aromatic rings. The van der Waals surface area contributed by atoms with Gasteiger partial charge >= 0.3 is 0 Å². The second-order valence-electron chi connectivity index (χ2n) is 6.23. The maximum Gasteiger partial charge on any atom is 0.0213 e. The van der Waals surface area contributed by atoms with Crippen molar-refractivity contribution in [1.82, 2.24) is 5.32 Å². The molecule has 0 radical (unpaired) electrons. The van der Waals surface area contributed by atoms with Crippen molar-refractivity contribution in [3.63, 3.8) is 0 Å². The van der Waals surface area contributed by atoms with Crippen LogP contribution in [0.25, 0.3) is 0 Å². The lowest BCUT2D eigenvalue weighted by molar-refractivity contribution is 0.341. The molecule has 3 N–H and O–H groups in total. The summed E-state index contributed by atoms with van der Waals surface area (Å²) in [6.07, 6.45) is 4.79. The van der Waals surface area contributed by atoms with Gasteiger partial charge in [-0.3, -0.25) is 0 Å². The Morgan fingerprint density at radius 1 is 1.00 bits per heavy atom. The lowest BCUT2D eigenvalue weighted by Gasteiger charge is -2.28. The third-order valence-electron chi connectivity index (χ3n) is 4.86. The molecule has 0 heterocycles. The summed E-state index contributed by atoms with van der Waals surface area (Å²) >= 11 is 0. The molecule has 0 spiro atoms. The van der Waals surface area contributed by atoms with Crippen molar-refractivity contribution in [2.75, 3.05) is 0 Å². The third kappa shape index (κ3) is 3.37. The van der Waals surface area contributed by atoms with Crippen LogP contribution in [-0.2, 0) is 6.54 Å². The first-order chi connectivity index (χ1) is 8.99. The summed E-state index contributed by atoms with van der Waals surface area (Å²) in [4.78, 5) is 0. The van der Waals surface area contributed by atoms with Gasteiger partial charge in [0.25, 0.3) is 0 Å². The molecule has 1 aliphatic rings.